The van der Waals surface area contributed by atoms with Gasteiger partial charge in [0.25, 0.3) is 5.56 Å². The zero-order valence-corrected chi connectivity index (χ0v) is 14.4. The van der Waals surface area contributed by atoms with Gasteiger partial charge >= 0.3 is 0 Å². The lowest BCUT2D eigenvalue weighted by molar-refractivity contribution is -0.121. The van der Waals surface area contributed by atoms with E-state index in [0.717, 1.165) is 23.5 Å². The van der Waals surface area contributed by atoms with Crippen molar-refractivity contribution in [1.82, 2.24) is 14.9 Å². The maximum Gasteiger partial charge on any atom is 0.272 e. The van der Waals surface area contributed by atoms with Crippen LogP contribution in [0.4, 0.5) is 0 Å². The van der Waals surface area contributed by atoms with Crippen LogP contribution < -0.4 is 10.9 Å². The second-order valence-electron chi connectivity index (χ2n) is 7.26. The van der Waals surface area contributed by atoms with Crippen LogP contribution in [0, 0.1) is 17.8 Å². The minimum absolute atomic E-state index is 0.00349. The molecule has 1 aromatic heterocycles. The van der Waals surface area contributed by atoms with Gasteiger partial charge in [0.15, 0.2) is 0 Å². The minimum atomic E-state index is -0.121. The summed E-state index contributed by atoms with van der Waals surface area (Å²) in [6.45, 7) is 0.744. The van der Waals surface area contributed by atoms with E-state index in [1.54, 1.807) is 11.6 Å². The highest BCUT2D eigenvalue weighted by atomic mass is 16.1. The predicted octanol–water partition coefficient (Wildman–Crippen LogP) is 2.19. The SMILES string of the molecule is Cn1c(=O)c(CCC(=O)NC[C@@H]2C[C@H]3C=C[C@H]2C3)nc2ccccc21. The second kappa shape index (κ2) is 6.47. The predicted molar refractivity (Wildman–Crippen MR) is 97.2 cm³/mol. The van der Waals surface area contributed by atoms with Crippen LogP contribution in [-0.2, 0) is 18.3 Å². The van der Waals surface area contributed by atoms with Gasteiger partial charge in [-0.3, -0.25) is 9.59 Å². The van der Waals surface area contributed by atoms with Crippen LogP contribution in [0.2, 0.25) is 0 Å². The molecule has 5 nitrogen and oxygen atoms in total. The van der Waals surface area contributed by atoms with Crippen molar-refractivity contribution >= 4 is 16.9 Å². The van der Waals surface area contributed by atoms with E-state index in [1.807, 2.05) is 24.3 Å². The van der Waals surface area contributed by atoms with Crippen LogP contribution in [0.25, 0.3) is 11.0 Å². The largest absolute Gasteiger partial charge is 0.356 e. The highest BCUT2D eigenvalue weighted by Gasteiger charge is 2.35. The van der Waals surface area contributed by atoms with Crippen LogP contribution in [0.3, 0.4) is 0 Å². The van der Waals surface area contributed by atoms with Crippen LogP contribution in [0.1, 0.15) is 25.0 Å². The fraction of sp³-hybridized carbons (Fsp3) is 0.450. The Morgan fingerprint density at radius 3 is 2.88 bits per heavy atom. The number of nitrogens with one attached hydrogen (secondary N) is 1. The molecule has 0 saturated heterocycles. The Bertz CT molecular complexity index is 899. The molecule has 2 aliphatic carbocycles. The van der Waals surface area contributed by atoms with E-state index < -0.39 is 0 Å². The molecule has 2 aromatic rings. The Balaban J connectivity index is 1.37. The van der Waals surface area contributed by atoms with Crippen molar-refractivity contribution < 1.29 is 4.79 Å². The average Bonchev–Trinajstić information content (AvgIpc) is 3.25. The van der Waals surface area contributed by atoms with Crippen molar-refractivity contribution in [3.63, 3.8) is 0 Å². The molecule has 130 valence electrons. The Morgan fingerprint density at radius 1 is 1.28 bits per heavy atom. The van der Waals surface area contributed by atoms with Crippen molar-refractivity contribution in [3.8, 4) is 0 Å². The van der Waals surface area contributed by atoms with Gasteiger partial charge in [-0.2, -0.15) is 0 Å². The van der Waals surface area contributed by atoms with E-state index in [2.05, 4.69) is 22.5 Å². The maximum atomic E-state index is 12.4. The third kappa shape index (κ3) is 3.11. The first-order valence-corrected chi connectivity index (χ1v) is 9.01. The van der Waals surface area contributed by atoms with Crippen molar-refractivity contribution in [3.05, 3.63) is 52.5 Å². The number of carbonyl (C=O) groups excluding carboxylic acids is 1. The number of benzene rings is 1. The molecule has 1 N–H and O–H groups in total. The first kappa shape index (κ1) is 16.1. The van der Waals surface area contributed by atoms with E-state index in [9.17, 15) is 9.59 Å². The summed E-state index contributed by atoms with van der Waals surface area (Å²) in [6.07, 6.45) is 7.72. The lowest BCUT2D eigenvalue weighted by atomic mass is 9.93. The first-order chi connectivity index (χ1) is 12.1. The summed E-state index contributed by atoms with van der Waals surface area (Å²) >= 11 is 0. The zero-order valence-electron chi connectivity index (χ0n) is 14.4. The number of hydrogen-bond donors (Lipinski definition) is 1. The first-order valence-electron chi connectivity index (χ1n) is 9.01. The Kier molecular flexibility index (Phi) is 4.15. The summed E-state index contributed by atoms with van der Waals surface area (Å²) in [4.78, 5) is 29.0. The van der Waals surface area contributed by atoms with E-state index in [1.165, 1.54) is 12.8 Å². The summed E-state index contributed by atoms with van der Waals surface area (Å²) < 4.78 is 1.61. The van der Waals surface area contributed by atoms with Crippen LogP contribution >= 0.6 is 0 Å². The molecular weight excluding hydrogens is 314 g/mol. The smallest absolute Gasteiger partial charge is 0.272 e. The van der Waals surface area contributed by atoms with Crippen LogP contribution in [0.5, 0.6) is 0 Å². The molecule has 1 heterocycles. The van der Waals surface area contributed by atoms with Crippen LogP contribution in [-0.4, -0.2) is 22.0 Å². The number of aryl methyl sites for hydroxylation is 2. The standard InChI is InChI=1S/C20H23N3O2/c1-23-18-5-3-2-4-16(18)22-17(20(23)25)8-9-19(24)21-12-15-11-13-6-7-14(15)10-13/h2-7,13-15H,8-12H2,1H3,(H,21,24)/t13-,14-,15-/m0/s1. The molecule has 3 atom stereocenters. The Morgan fingerprint density at radius 2 is 2.12 bits per heavy atom. The van der Waals surface area contributed by atoms with Crippen molar-refractivity contribution in [1.29, 1.82) is 0 Å². The molecule has 0 radical (unpaired) electrons. The highest BCUT2D eigenvalue weighted by Crippen LogP contribution is 2.42. The van der Waals surface area contributed by atoms with E-state index in [0.29, 0.717) is 30.4 Å². The maximum absolute atomic E-state index is 12.4. The van der Waals surface area contributed by atoms with Gasteiger partial charge in [-0.15, -0.1) is 0 Å². The lowest BCUT2D eigenvalue weighted by Gasteiger charge is -2.18. The molecule has 1 amide bonds. The molecule has 4 rings (SSSR count). The summed E-state index contributed by atoms with van der Waals surface area (Å²) in [5.74, 6) is 1.94. The van der Waals surface area contributed by atoms with E-state index >= 15 is 0 Å². The van der Waals surface area contributed by atoms with E-state index in [4.69, 9.17) is 0 Å². The second-order valence-corrected chi connectivity index (χ2v) is 7.26. The zero-order chi connectivity index (χ0) is 17.4. The number of amides is 1. The number of allylic oxidation sites excluding steroid dienone is 2. The van der Waals surface area contributed by atoms with Crippen molar-refractivity contribution in [2.45, 2.75) is 25.7 Å². The van der Waals surface area contributed by atoms with Gasteiger partial charge in [-0.05, 0) is 42.7 Å². The monoisotopic (exact) mass is 337 g/mol. The molecule has 2 aliphatic rings. The summed E-state index contributed by atoms with van der Waals surface area (Å²) in [5.41, 5.74) is 1.93. The van der Waals surface area contributed by atoms with Crippen molar-refractivity contribution in [2.24, 2.45) is 24.8 Å². The molecule has 0 aliphatic heterocycles. The van der Waals surface area contributed by atoms with Crippen LogP contribution in [0.15, 0.2) is 41.2 Å². The molecule has 1 saturated carbocycles. The number of hydrogen-bond acceptors (Lipinski definition) is 3. The fourth-order valence-electron chi connectivity index (χ4n) is 4.20. The topological polar surface area (TPSA) is 64.0 Å². The summed E-state index contributed by atoms with van der Waals surface area (Å²) in [5, 5.41) is 3.04. The van der Waals surface area contributed by atoms with Gasteiger partial charge in [-0.1, -0.05) is 24.3 Å². The number of para-hydroxylation sites is 2. The number of fused-ring (bicyclic) bond motifs is 3. The van der Waals surface area contributed by atoms with Gasteiger partial charge in [-0.25, -0.2) is 4.98 Å². The average molecular weight is 337 g/mol. The number of rotatable bonds is 5. The van der Waals surface area contributed by atoms with Gasteiger partial charge in [0.1, 0.15) is 5.69 Å². The third-order valence-electron chi connectivity index (χ3n) is 5.62. The quantitative estimate of drug-likeness (QED) is 0.851. The Hall–Kier alpha value is -2.43. The lowest BCUT2D eigenvalue weighted by Crippen LogP contribution is -2.32. The minimum Gasteiger partial charge on any atom is -0.356 e. The Labute approximate surface area is 146 Å². The van der Waals surface area contributed by atoms with Gasteiger partial charge < -0.3 is 9.88 Å². The van der Waals surface area contributed by atoms with Crippen molar-refractivity contribution in [2.75, 3.05) is 6.54 Å². The number of nitrogens with zero attached hydrogens (tertiary/aromatic N) is 2. The van der Waals surface area contributed by atoms with Gasteiger partial charge in [0, 0.05) is 26.4 Å². The summed E-state index contributed by atoms with van der Waals surface area (Å²) in [6, 6.07) is 7.56. The highest BCUT2D eigenvalue weighted by molar-refractivity contribution is 5.77. The molecular formula is C20H23N3O2. The molecule has 1 aromatic carbocycles. The normalized spacial score (nSPS) is 24.1. The van der Waals surface area contributed by atoms with E-state index in [-0.39, 0.29) is 11.5 Å². The molecule has 2 bridgehead atoms. The molecule has 0 spiro atoms. The number of aromatic nitrogens is 2. The summed E-state index contributed by atoms with van der Waals surface area (Å²) in [7, 11) is 1.75. The van der Waals surface area contributed by atoms with Gasteiger partial charge in [0.2, 0.25) is 5.91 Å². The van der Waals surface area contributed by atoms with Gasteiger partial charge in [0.05, 0.1) is 11.0 Å². The molecule has 25 heavy (non-hydrogen) atoms. The molecule has 1 fully saturated rings. The fourth-order valence-corrected chi connectivity index (χ4v) is 4.20. The third-order valence-corrected chi connectivity index (χ3v) is 5.62. The molecule has 0 unspecified atom stereocenters. The number of carbonyl (C=O) groups is 1. The molecule has 5 heteroatoms.